The van der Waals surface area contributed by atoms with Crippen molar-refractivity contribution < 1.29 is 14.2 Å². The molecule has 0 bridgehead atoms. The highest BCUT2D eigenvalue weighted by atomic mass is 16.5. The van der Waals surface area contributed by atoms with Crippen molar-refractivity contribution in [3.05, 3.63) is 36.8 Å². The minimum absolute atomic E-state index is 0.306. The van der Waals surface area contributed by atoms with Crippen LogP contribution in [0.3, 0.4) is 0 Å². The molecule has 1 aliphatic carbocycles. The third kappa shape index (κ3) is 4.13. The first-order valence-corrected chi connectivity index (χ1v) is 11.0. The molecule has 2 N–H and O–H groups in total. The van der Waals surface area contributed by atoms with Crippen molar-refractivity contribution in [2.75, 3.05) is 32.8 Å². The van der Waals surface area contributed by atoms with Crippen LogP contribution in [0.5, 0.6) is 5.88 Å². The lowest BCUT2D eigenvalue weighted by molar-refractivity contribution is -0.00157. The number of ether oxygens (including phenoxy) is 3. The number of H-pyrrole nitrogens is 1. The van der Waals surface area contributed by atoms with E-state index in [9.17, 15) is 0 Å². The van der Waals surface area contributed by atoms with Gasteiger partial charge in [-0.3, -0.25) is 0 Å². The van der Waals surface area contributed by atoms with Crippen LogP contribution in [-0.4, -0.2) is 64.1 Å². The van der Waals surface area contributed by atoms with E-state index in [0.29, 0.717) is 37.2 Å². The number of methoxy groups -OCH3 is 2. The molecule has 0 aromatic carbocycles. The SMILES string of the molecule is COCCOC1CCC(Nc2nc(OC)c3c(-c4ccn5nccc5c4)c[nH]c3n2)CC1. The van der Waals surface area contributed by atoms with Crippen LogP contribution in [0.4, 0.5) is 5.95 Å². The molecule has 4 aromatic heterocycles. The molecule has 9 heteroatoms. The van der Waals surface area contributed by atoms with Gasteiger partial charge in [0, 0.05) is 37.3 Å². The van der Waals surface area contributed by atoms with Crippen molar-refractivity contribution in [2.24, 2.45) is 0 Å². The average Bonchev–Trinajstić information content (AvgIpc) is 3.46. The maximum absolute atomic E-state index is 5.87. The molecule has 0 spiro atoms. The number of fused-ring (bicyclic) bond motifs is 2. The zero-order chi connectivity index (χ0) is 21.9. The summed E-state index contributed by atoms with van der Waals surface area (Å²) in [4.78, 5) is 12.7. The van der Waals surface area contributed by atoms with E-state index in [1.54, 1.807) is 20.4 Å². The van der Waals surface area contributed by atoms with Crippen LogP contribution < -0.4 is 10.1 Å². The van der Waals surface area contributed by atoms with Gasteiger partial charge >= 0.3 is 0 Å². The van der Waals surface area contributed by atoms with Crippen molar-refractivity contribution >= 4 is 22.5 Å². The Morgan fingerprint density at radius 1 is 1.12 bits per heavy atom. The molecule has 1 aliphatic rings. The van der Waals surface area contributed by atoms with Crippen LogP contribution in [0.15, 0.2) is 36.8 Å². The Kier molecular flexibility index (Phi) is 5.91. The van der Waals surface area contributed by atoms with Gasteiger partial charge in [0.1, 0.15) is 5.65 Å². The average molecular weight is 437 g/mol. The minimum atomic E-state index is 0.306. The highest BCUT2D eigenvalue weighted by Gasteiger charge is 2.23. The molecular weight excluding hydrogens is 408 g/mol. The van der Waals surface area contributed by atoms with E-state index in [-0.39, 0.29) is 0 Å². The standard InChI is InChI=1S/C23H28N6O3/c1-30-11-12-32-18-5-3-16(4-6-18)26-23-27-21-20(22(28-23)31-2)19(14-24-21)15-8-10-29-17(13-15)7-9-25-29/h7-10,13-14,16,18H,3-6,11-12H2,1-2H3,(H2,24,26,27,28). The third-order valence-corrected chi connectivity index (χ3v) is 6.05. The van der Waals surface area contributed by atoms with Crippen LogP contribution >= 0.6 is 0 Å². The number of pyridine rings is 1. The molecule has 1 saturated carbocycles. The molecule has 32 heavy (non-hydrogen) atoms. The first kappa shape index (κ1) is 20.7. The van der Waals surface area contributed by atoms with Gasteiger partial charge in [0.2, 0.25) is 11.8 Å². The molecule has 4 heterocycles. The minimum Gasteiger partial charge on any atom is -0.480 e. The van der Waals surface area contributed by atoms with Gasteiger partial charge in [-0.2, -0.15) is 15.1 Å². The molecule has 4 aromatic rings. The van der Waals surface area contributed by atoms with Gasteiger partial charge in [-0.25, -0.2) is 4.52 Å². The fourth-order valence-electron chi connectivity index (χ4n) is 4.38. The van der Waals surface area contributed by atoms with Gasteiger partial charge in [0.05, 0.1) is 37.3 Å². The fourth-order valence-corrected chi connectivity index (χ4v) is 4.38. The quantitative estimate of drug-likeness (QED) is 0.407. The van der Waals surface area contributed by atoms with E-state index in [1.165, 1.54) is 0 Å². The molecule has 0 atom stereocenters. The van der Waals surface area contributed by atoms with Crippen molar-refractivity contribution in [2.45, 2.75) is 37.8 Å². The Morgan fingerprint density at radius 3 is 2.81 bits per heavy atom. The van der Waals surface area contributed by atoms with E-state index in [4.69, 9.17) is 19.2 Å². The molecule has 9 nitrogen and oxygen atoms in total. The molecule has 0 saturated heterocycles. The Balaban J connectivity index is 1.34. The normalized spacial score (nSPS) is 18.9. The number of anilines is 1. The van der Waals surface area contributed by atoms with Gasteiger partial charge in [0.25, 0.3) is 0 Å². The topological polar surface area (TPSA) is 98.6 Å². The Labute approximate surface area is 186 Å². The molecule has 0 radical (unpaired) electrons. The first-order valence-electron chi connectivity index (χ1n) is 11.0. The van der Waals surface area contributed by atoms with Crippen LogP contribution in [0, 0.1) is 0 Å². The van der Waals surface area contributed by atoms with Crippen LogP contribution in [0.1, 0.15) is 25.7 Å². The van der Waals surface area contributed by atoms with E-state index in [0.717, 1.165) is 53.4 Å². The maximum atomic E-state index is 5.87. The maximum Gasteiger partial charge on any atom is 0.228 e. The summed E-state index contributed by atoms with van der Waals surface area (Å²) < 4.78 is 18.4. The Hall–Kier alpha value is -3.17. The molecule has 0 amide bonds. The van der Waals surface area contributed by atoms with Gasteiger partial charge in [-0.15, -0.1) is 0 Å². The van der Waals surface area contributed by atoms with Crippen molar-refractivity contribution in [1.29, 1.82) is 0 Å². The van der Waals surface area contributed by atoms with Gasteiger partial charge in [-0.1, -0.05) is 0 Å². The second-order valence-corrected chi connectivity index (χ2v) is 8.08. The third-order valence-electron chi connectivity index (χ3n) is 6.05. The largest absolute Gasteiger partial charge is 0.480 e. The Bertz CT molecular complexity index is 1200. The summed E-state index contributed by atoms with van der Waals surface area (Å²) in [5.74, 6) is 1.14. The number of rotatable bonds is 8. The van der Waals surface area contributed by atoms with Crippen LogP contribution in [-0.2, 0) is 9.47 Å². The highest BCUT2D eigenvalue weighted by Crippen LogP contribution is 2.35. The summed E-state index contributed by atoms with van der Waals surface area (Å²) in [5.41, 5.74) is 3.83. The monoisotopic (exact) mass is 436 g/mol. The number of hydrogen-bond acceptors (Lipinski definition) is 7. The lowest BCUT2D eigenvalue weighted by Crippen LogP contribution is -2.31. The number of nitrogens with one attached hydrogen (secondary N) is 2. The predicted molar refractivity (Wildman–Crippen MR) is 122 cm³/mol. The predicted octanol–water partition coefficient (Wildman–Crippen LogP) is 3.67. The summed E-state index contributed by atoms with van der Waals surface area (Å²) in [7, 11) is 3.34. The highest BCUT2D eigenvalue weighted by molar-refractivity contribution is 5.98. The number of aromatic nitrogens is 5. The van der Waals surface area contributed by atoms with E-state index in [1.807, 2.05) is 29.0 Å². The molecule has 0 unspecified atom stereocenters. The van der Waals surface area contributed by atoms with Gasteiger partial charge in [0.15, 0.2) is 0 Å². The van der Waals surface area contributed by atoms with E-state index < -0.39 is 0 Å². The Morgan fingerprint density at radius 2 is 2.00 bits per heavy atom. The second kappa shape index (κ2) is 9.13. The second-order valence-electron chi connectivity index (χ2n) is 8.08. The molecule has 0 aliphatic heterocycles. The number of hydrogen-bond donors (Lipinski definition) is 2. The zero-order valence-corrected chi connectivity index (χ0v) is 18.4. The van der Waals surface area contributed by atoms with Crippen molar-refractivity contribution in [3.63, 3.8) is 0 Å². The summed E-state index contributed by atoms with van der Waals surface area (Å²) >= 11 is 0. The smallest absolute Gasteiger partial charge is 0.228 e. The van der Waals surface area contributed by atoms with Crippen LogP contribution in [0.2, 0.25) is 0 Å². The summed E-state index contributed by atoms with van der Waals surface area (Å²) in [5, 5.41) is 8.63. The fraction of sp³-hybridized carbons (Fsp3) is 0.435. The van der Waals surface area contributed by atoms with E-state index in [2.05, 4.69) is 26.4 Å². The molecule has 168 valence electrons. The number of aromatic amines is 1. The summed E-state index contributed by atoms with van der Waals surface area (Å²) in [6.07, 6.45) is 10.1. The summed E-state index contributed by atoms with van der Waals surface area (Å²) in [6, 6.07) is 6.42. The lowest BCUT2D eigenvalue weighted by Gasteiger charge is -2.29. The molecule has 5 rings (SSSR count). The van der Waals surface area contributed by atoms with Crippen LogP contribution in [0.25, 0.3) is 27.7 Å². The summed E-state index contributed by atoms with van der Waals surface area (Å²) in [6.45, 7) is 1.29. The lowest BCUT2D eigenvalue weighted by atomic mass is 9.93. The van der Waals surface area contributed by atoms with Crippen molar-refractivity contribution in [3.8, 4) is 17.0 Å². The molecule has 1 fully saturated rings. The molecular formula is C23H28N6O3. The first-order chi connectivity index (χ1) is 15.7. The van der Waals surface area contributed by atoms with Gasteiger partial charge in [-0.05, 0) is 49.4 Å². The van der Waals surface area contributed by atoms with E-state index >= 15 is 0 Å². The van der Waals surface area contributed by atoms with Crippen molar-refractivity contribution in [1.82, 2.24) is 24.6 Å². The number of nitrogens with zero attached hydrogens (tertiary/aromatic N) is 4. The zero-order valence-electron chi connectivity index (χ0n) is 18.4. The van der Waals surface area contributed by atoms with Gasteiger partial charge < -0.3 is 24.5 Å².